The number of benzene rings is 1. The van der Waals surface area contributed by atoms with Crippen LogP contribution in [0.15, 0.2) is 28.7 Å². The number of aliphatic hydroxyl groups is 2. The minimum Gasteiger partial charge on any atom is -0.395 e. The summed E-state index contributed by atoms with van der Waals surface area (Å²) < 4.78 is 1.02. The van der Waals surface area contributed by atoms with Gasteiger partial charge in [0.25, 0.3) is 0 Å². The van der Waals surface area contributed by atoms with Crippen LogP contribution in [0.2, 0.25) is 0 Å². The van der Waals surface area contributed by atoms with Crippen molar-refractivity contribution in [1.82, 2.24) is 0 Å². The third-order valence-corrected chi connectivity index (χ3v) is 4.60. The van der Waals surface area contributed by atoms with E-state index in [1.807, 2.05) is 24.3 Å². The summed E-state index contributed by atoms with van der Waals surface area (Å²) in [5, 5.41) is 19.5. The molecule has 0 bridgehead atoms. The lowest BCUT2D eigenvalue weighted by Crippen LogP contribution is -2.34. The van der Waals surface area contributed by atoms with Crippen molar-refractivity contribution in [3.8, 4) is 0 Å². The summed E-state index contributed by atoms with van der Waals surface area (Å²) in [7, 11) is 0. The molecule has 3 heteroatoms. The molecule has 0 aliphatic rings. The molecule has 0 aliphatic carbocycles. The zero-order chi connectivity index (χ0) is 14.8. The van der Waals surface area contributed by atoms with Crippen molar-refractivity contribution in [3.05, 3.63) is 34.3 Å². The average Bonchev–Trinajstić information content (AvgIpc) is 2.48. The fourth-order valence-electron chi connectivity index (χ4n) is 2.58. The Morgan fingerprint density at radius 1 is 0.900 bits per heavy atom. The van der Waals surface area contributed by atoms with Gasteiger partial charge in [-0.15, -0.1) is 0 Å². The second-order valence-electron chi connectivity index (χ2n) is 5.62. The molecule has 1 rings (SSSR count). The average molecular weight is 343 g/mol. The first kappa shape index (κ1) is 17.7. The summed E-state index contributed by atoms with van der Waals surface area (Å²) in [5.74, 6) is 0. The van der Waals surface area contributed by atoms with Crippen molar-refractivity contribution in [2.45, 2.75) is 57.3 Å². The van der Waals surface area contributed by atoms with Crippen LogP contribution < -0.4 is 0 Å². The molecule has 1 aromatic rings. The molecule has 0 aromatic heterocycles. The third-order valence-electron chi connectivity index (χ3n) is 4.07. The van der Waals surface area contributed by atoms with E-state index in [9.17, 15) is 10.2 Å². The summed E-state index contributed by atoms with van der Waals surface area (Å²) >= 11 is 3.42. The van der Waals surface area contributed by atoms with Crippen LogP contribution in [0.25, 0.3) is 0 Å². The van der Waals surface area contributed by atoms with Gasteiger partial charge >= 0.3 is 0 Å². The van der Waals surface area contributed by atoms with Gasteiger partial charge in [0.05, 0.1) is 13.2 Å². The molecule has 0 saturated heterocycles. The van der Waals surface area contributed by atoms with Crippen molar-refractivity contribution in [1.29, 1.82) is 0 Å². The van der Waals surface area contributed by atoms with Crippen molar-refractivity contribution >= 4 is 15.9 Å². The molecule has 0 aliphatic heterocycles. The topological polar surface area (TPSA) is 40.5 Å². The molecule has 1 aromatic carbocycles. The van der Waals surface area contributed by atoms with Crippen molar-refractivity contribution in [2.75, 3.05) is 13.2 Å². The number of hydrogen-bond donors (Lipinski definition) is 2. The van der Waals surface area contributed by atoms with Crippen LogP contribution in [0.5, 0.6) is 0 Å². The van der Waals surface area contributed by atoms with Crippen LogP contribution >= 0.6 is 15.9 Å². The molecule has 0 fully saturated rings. The smallest absolute Gasteiger partial charge is 0.0550 e. The molecule has 114 valence electrons. The largest absolute Gasteiger partial charge is 0.395 e. The standard InChI is InChI=1S/C17H27BrO2/c1-2-3-4-5-6-7-12-17(13-19,14-20)15-8-10-16(18)11-9-15/h8-11,19-20H,2-7,12-14H2,1H3. The maximum atomic E-state index is 9.77. The minimum absolute atomic E-state index is 0.0000916. The van der Waals surface area contributed by atoms with Crippen molar-refractivity contribution in [3.63, 3.8) is 0 Å². The van der Waals surface area contributed by atoms with E-state index in [0.29, 0.717) is 0 Å². The second kappa shape index (κ2) is 9.54. The molecular weight excluding hydrogens is 316 g/mol. The second-order valence-corrected chi connectivity index (χ2v) is 6.54. The highest BCUT2D eigenvalue weighted by molar-refractivity contribution is 9.10. The summed E-state index contributed by atoms with van der Waals surface area (Å²) in [6, 6.07) is 7.93. The first-order valence-electron chi connectivity index (χ1n) is 7.66. The highest BCUT2D eigenvalue weighted by atomic mass is 79.9. The Morgan fingerprint density at radius 3 is 2.00 bits per heavy atom. The quantitative estimate of drug-likeness (QED) is 0.617. The van der Waals surface area contributed by atoms with Gasteiger partial charge in [0.15, 0.2) is 0 Å². The third kappa shape index (κ3) is 5.19. The fourth-order valence-corrected chi connectivity index (χ4v) is 2.85. The Kier molecular flexibility index (Phi) is 8.43. The predicted molar refractivity (Wildman–Crippen MR) is 88.0 cm³/mol. The minimum atomic E-state index is -0.495. The fraction of sp³-hybridized carbons (Fsp3) is 0.647. The van der Waals surface area contributed by atoms with Gasteiger partial charge in [0.2, 0.25) is 0 Å². The summed E-state index contributed by atoms with van der Waals surface area (Å²) in [5.41, 5.74) is 0.533. The Bertz CT molecular complexity index is 358. The van der Waals surface area contributed by atoms with E-state index in [0.717, 1.165) is 22.9 Å². The van der Waals surface area contributed by atoms with Gasteiger partial charge in [0, 0.05) is 9.89 Å². The molecule has 0 unspecified atom stereocenters. The van der Waals surface area contributed by atoms with E-state index in [4.69, 9.17) is 0 Å². The van der Waals surface area contributed by atoms with Crippen LogP contribution in [0.3, 0.4) is 0 Å². The molecule has 0 amide bonds. The number of rotatable bonds is 10. The first-order chi connectivity index (χ1) is 9.68. The molecule has 0 heterocycles. The van der Waals surface area contributed by atoms with Gasteiger partial charge in [-0.25, -0.2) is 0 Å². The van der Waals surface area contributed by atoms with E-state index < -0.39 is 5.41 Å². The maximum Gasteiger partial charge on any atom is 0.0550 e. The number of unbranched alkanes of at least 4 members (excludes halogenated alkanes) is 5. The van der Waals surface area contributed by atoms with Crippen molar-refractivity contribution in [2.24, 2.45) is 0 Å². The molecular formula is C17H27BrO2. The Morgan fingerprint density at radius 2 is 1.45 bits per heavy atom. The Hall–Kier alpha value is -0.380. The zero-order valence-corrected chi connectivity index (χ0v) is 14.0. The van der Waals surface area contributed by atoms with Crippen LogP contribution in [-0.2, 0) is 5.41 Å². The maximum absolute atomic E-state index is 9.77. The molecule has 0 saturated carbocycles. The van der Waals surface area contributed by atoms with Gasteiger partial charge in [-0.05, 0) is 24.1 Å². The van der Waals surface area contributed by atoms with Gasteiger partial charge in [-0.3, -0.25) is 0 Å². The van der Waals surface area contributed by atoms with Crippen molar-refractivity contribution < 1.29 is 10.2 Å². The number of aliphatic hydroxyl groups excluding tert-OH is 2. The van der Waals surface area contributed by atoms with Crippen LogP contribution in [0.1, 0.15) is 57.4 Å². The lowest BCUT2D eigenvalue weighted by Gasteiger charge is -2.30. The van der Waals surface area contributed by atoms with Gasteiger partial charge in [-0.1, -0.05) is 73.5 Å². The highest BCUT2D eigenvalue weighted by Crippen LogP contribution is 2.30. The van der Waals surface area contributed by atoms with Crippen LogP contribution in [-0.4, -0.2) is 23.4 Å². The van der Waals surface area contributed by atoms with Gasteiger partial charge in [-0.2, -0.15) is 0 Å². The van der Waals surface area contributed by atoms with E-state index in [2.05, 4.69) is 22.9 Å². The monoisotopic (exact) mass is 342 g/mol. The summed E-state index contributed by atoms with van der Waals surface area (Å²) in [6.07, 6.45) is 8.18. The molecule has 0 atom stereocenters. The normalized spacial score (nSPS) is 11.8. The van der Waals surface area contributed by atoms with E-state index in [-0.39, 0.29) is 13.2 Å². The molecule has 2 N–H and O–H groups in total. The van der Waals surface area contributed by atoms with E-state index >= 15 is 0 Å². The number of halogens is 1. The predicted octanol–water partition coefficient (Wildman–Crippen LogP) is 4.42. The zero-order valence-electron chi connectivity index (χ0n) is 12.4. The Labute approximate surface area is 131 Å². The summed E-state index contributed by atoms with van der Waals surface area (Å²) in [4.78, 5) is 0. The lowest BCUT2D eigenvalue weighted by molar-refractivity contribution is 0.107. The SMILES string of the molecule is CCCCCCCCC(CO)(CO)c1ccc(Br)cc1. The highest BCUT2D eigenvalue weighted by Gasteiger charge is 2.30. The number of hydrogen-bond acceptors (Lipinski definition) is 2. The molecule has 0 radical (unpaired) electrons. The van der Waals surface area contributed by atoms with E-state index in [1.54, 1.807) is 0 Å². The van der Waals surface area contributed by atoms with Gasteiger partial charge in [0.1, 0.15) is 0 Å². The van der Waals surface area contributed by atoms with Gasteiger partial charge < -0.3 is 10.2 Å². The van der Waals surface area contributed by atoms with Crippen LogP contribution in [0, 0.1) is 0 Å². The summed E-state index contributed by atoms with van der Waals surface area (Å²) in [6.45, 7) is 2.22. The lowest BCUT2D eigenvalue weighted by atomic mass is 9.77. The Balaban J connectivity index is 2.56. The first-order valence-corrected chi connectivity index (χ1v) is 8.45. The van der Waals surface area contributed by atoms with E-state index in [1.165, 1.54) is 32.1 Å². The molecule has 0 spiro atoms. The molecule has 2 nitrogen and oxygen atoms in total. The van der Waals surface area contributed by atoms with Crippen LogP contribution in [0.4, 0.5) is 0 Å². The molecule has 20 heavy (non-hydrogen) atoms.